The van der Waals surface area contributed by atoms with Gasteiger partial charge in [-0.05, 0) is 5.56 Å². The number of hydrogen-bond acceptors (Lipinski definition) is 4. The third kappa shape index (κ3) is 1.80. The Morgan fingerprint density at radius 2 is 1.41 bits per heavy atom. The summed E-state index contributed by atoms with van der Waals surface area (Å²) in [5.74, 6) is 0. The fourth-order valence-corrected chi connectivity index (χ4v) is 1.74. The van der Waals surface area contributed by atoms with E-state index in [1.165, 1.54) is 12.7 Å². The van der Waals surface area contributed by atoms with Gasteiger partial charge in [0.15, 0.2) is 6.17 Å². The molecular formula is C11H10N6. The number of aromatic nitrogens is 6. The maximum atomic E-state index is 4.17. The van der Waals surface area contributed by atoms with E-state index in [9.17, 15) is 0 Å². The van der Waals surface area contributed by atoms with Crippen LogP contribution in [0.1, 0.15) is 11.7 Å². The number of benzene rings is 1. The molecule has 0 saturated heterocycles. The number of hydrogen-bond donors (Lipinski definition) is 0. The van der Waals surface area contributed by atoms with Crippen LogP contribution in [0.4, 0.5) is 0 Å². The van der Waals surface area contributed by atoms with Gasteiger partial charge in [-0.2, -0.15) is 10.2 Å². The lowest BCUT2D eigenvalue weighted by Gasteiger charge is -2.17. The van der Waals surface area contributed by atoms with Crippen LogP contribution in [0.25, 0.3) is 0 Å². The molecule has 0 aliphatic carbocycles. The molecule has 0 bridgehead atoms. The van der Waals surface area contributed by atoms with Crippen LogP contribution in [-0.4, -0.2) is 29.5 Å². The topological polar surface area (TPSA) is 61.4 Å². The quantitative estimate of drug-likeness (QED) is 0.667. The molecule has 0 aliphatic rings. The van der Waals surface area contributed by atoms with Gasteiger partial charge in [-0.15, -0.1) is 0 Å². The van der Waals surface area contributed by atoms with Gasteiger partial charge in [0, 0.05) is 0 Å². The van der Waals surface area contributed by atoms with E-state index in [1.54, 1.807) is 22.0 Å². The van der Waals surface area contributed by atoms with Crippen molar-refractivity contribution < 1.29 is 0 Å². The Morgan fingerprint density at radius 1 is 0.824 bits per heavy atom. The molecule has 0 aliphatic heterocycles. The first-order chi connectivity index (χ1) is 8.45. The van der Waals surface area contributed by atoms with E-state index in [2.05, 4.69) is 20.2 Å². The predicted molar refractivity (Wildman–Crippen MR) is 60.0 cm³/mol. The van der Waals surface area contributed by atoms with Gasteiger partial charge in [-0.25, -0.2) is 19.3 Å². The maximum Gasteiger partial charge on any atom is 0.172 e. The van der Waals surface area contributed by atoms with E-state index >= 15 is 0 Å². The standard InChI is InChI=1S/C11H10N6/c1-2-4-10(5-3-1)11(16-8-12-6-14-16)17-9-13-7-15-17/h1-9,11H. The minimum Gasteiger partial charge on any atom is -0.224 e. The molecule has 0 saturated carbocycles. The molecule has 1 aromatic carbocycles. The zero-order valence-corrected chi connectivity index (χ0v) is 8.96. The van der Waals surface area contributed by atoms with E-state index in [4.69, 9.17) is 0 Å². The van der Waals surface area contributed by atoms with Gasteiger partial charge < -0.3 is 0 Å². The van der Waals surface area contributed by atoms with Crippen molar-refractivity contribution in [2.24, 2.45) is 0 Å². The first kappa shape index (κ1) is 9.71. The molecule has 0 spiro atoms. The highest BCUT2D eigenvalue weighted by Crippen LogP contribution is 2.17. The van der Waals surface area contributed by atoms with Crippen molar-refractivity contribution >= 4 is 0 Å². The van der Waals surface area contributed by atoms with Crippen LogP contribution >= 0.6 is 0 Å². The zero-order valence-electron chi connectivity index (χ0n) is 8.96. The molecule has 6 nitrogen and oxygen atoms in total. The molecule has 3 aromatic rings. The van der Waals surface area contributed by atoms with Gasteiger partial charge in [-0.3, -0.25) is 0 Å². The molecule has 0 N–H and O–H groups in total. The van der Waals surface area contributed by atoms with Crippen LogP contribution in [0.3, 0.4) is 0 Å². The number of rotatable bonds is 3. The highest BCUT2D eigenvalue weighted by atomic mass is 15.5. The smallest absolute Gasteiger partial charge is 0.172 e. The third-order valence-corrected chi connectivity index (χ3v) is 2.47. The Morgan fingerprint density at radius 3 is 1.88 bits per heavy atom. The predicted octanol–water partition coefficient (Wildman–Crippen LogP) is 0.965. The van der Waals surface area contributed by atoms with E-state index in [0.717, 1.165) is 5.56 Å². The normalized spacial score (nSPS) is 10.9. The SMILES string of the molecule is c1ccc(C(n2cncn2)n2cncn2)cc1. The van der Waals surface area contributed by atoms with Gasteiger partial charge in [0.2, 0.25) is 0 Å². The molecule has 0 fully saturated rings. The summed E-state index contributed by atoms with van der Waals surface area (Å²) in [4.78, 5) is 7.94. The molecular weight excluding hydrogens is 216 g/mol. The minimum atomic E-state index is -0.152. The Hall–Kier alpha value is -2.50. The van der Waals surface area contributed by atoms with Crippen LogP contribution in [-0.2, 0) is 0 Å². The summed E-state index contributed by atoms with van der Waals surface area (Å²) < 4.78 is 3.48. The first-order valence-corrected chi connectivity index (χ1v) is 5.18. The van der Waals surface area contributed by atoms with Gasteiger partial charge in [0.05, 0.1) is 0 Å². The van der Waals surface area contributed by atoms with Crippen LogP contribution in [0.5, 0.6) is 0 Å². The average molecular weight is 226 g/mol. The summed E-state index contributed by atoms with van der Waals surface area (Å²) in [6.07, 6.45) is 6.19. The summed E-state index contributed by atoms with van der Waals surface area (Å²) in [5, 5.41) is 8.33. The average Bonchev–Trinajstić information content (AvgIpc) is 3.04. The molecule has 84 valence electrons. The molecule has 6 heteroatoms. The van der Waals surface area contributed by atoms with Crippen LogP contribution < -0.4 is 0 Å². The zero-order chi connectivity index (χ0) is 11.5. The monoisotopic (exact) mass is 226 g/mol. The lowest BCUT2D eigenvalue weighted by atomic mass is 10.2. The van der Waals surface area contributed by atoms with Crippen molar-refractivity contribution in [2.75, 3.05) is 0 Å². The van der Waals surface area contributed by atoms with Gasteiger partial charge >= 0.3 is 0 Å². The first-order valence-electron chi connectivity index (χ1n) is 5.18. The Labute approximate surface area is 97.6 Å². The van der Waals surface area contributed by atoms with Crippen molar-refractivity contribution in [3.8, 4) is 0 Å². The van der Waals surface area contributed by atoms with E-state index < -0.39 is 0 Å². The number of nitrogens with zero attached hydrogens (tertiary/aromatic N) is 6. The molecule has 17 heavy (non-hydrogen) atoms. The fourth-order valence-electron chi connectivity index (χ4n) is 1.74. The molecule has 0 unspecified atom stereocenters. The third-order valence-electron chi connectivity index (χ3n) is 2.47. The maximum absolute atomic E-state index is 4.17. The van der Waals surface area contributed by atoms with Crippen LogP contribution in [0.15, 0.2) is 55.6 Å². The molecule has 3 rings (SSSR count). The van der Waals surface area contributed by atoms with Crippen molar-refractivity contribution in [3.63, 3.8) is 0 Å². The van der Waals surface area contributed by atoms with E-state index in [-0.39, 0.29) is 6.17 Å². The summed E-state index contributed by atoms with van der Waals surface area (Å²) in [6.45, 7) is 0. The largest absolute Gasteiger partial charge is 0.224 e. The second-order valence-electron chi connectivity index (χ2n) is 3.54. The van der Waals surface area contributed by atoms with E-state index in [0.29, 0.717) is 0 Å². The molecule has 2 heterocycles. The highest BCUT2D eigenvalue weighted by Gasteiger charge is 2.16. The summed E-state index contributed by atoms with van der Waals surface area (Å²) in [6, 6.07) is 9.98. The molecule has 0 radical (unpaired) electrons. The van der Waals surface area contributed by atoms with Gasteiger partial charge in [0.25, 0.3) is 0 Å². The lowest BCUT2D eigenvalue weighted by molar-refractivity contribution is 0.417. The molecule has 0 atom stereocenters. The summed E-state index contributed by atoms with van der Waals surface area (Å²) in [7, 11) is 0. The fraction of sp³-hybridized carbons (Fsp3) is 0.0909. The Bertz CT molecular complexity index is 523. The van der Waals surface area contributed by atoms with Crippen LogP contribution in [0, 0.1) is 0 Å². The minimum absolute atomic E-state index is 0.152. The lowest BCUT2D eigenvalue weighted by Crippen LogP contribution is -2.20. The van der Waals surface area contributed by atoms with E-state index in [1.807, 2.05) is 30.3 Å². The van der Waals surface area contributed by atoms with Crippen molar-refractivity contribution in [3.05, 3.63) is 61.2 Å². The summed E-state index contributed by atoms with van der Waals surface area (Å²) in [5.41, 5.74) is 1.07. The Kier molecular flexibility index (Phi) is 2.38. The highest BCUT2D eigenvalue weighted by molar-refractivity contribution is 5.19. The summed E-state index contributed by atoms with van der Waals surface area (Å²) >= 11 is 0. The molecule has 2 aromatic heterocycles. The Balaban J connectivity index is 2.10. The van der Waals surface area contributed by atoms with Crippen molar-refractivity contribution in [1.82, 2.24) is 29.5 Å². The molecule has 0 amide bonds. The second-order valence-corrected chi connectivity index (χ2v) is 3.54. The van der Waals surface area contributed by atoms with Crippen molar-refractivity contribution in [1.29, 1.82) is 0 Å². The van der Waals surface area contributed by atoms with Crippen molar-refractivity contribution in [2.45, 2.75) is 6.17 Å². The van der Waals surface area contributed by atoms with Crippen LogP contribution in [0.2, 0.25) is 0 Å². The van der Waals surface area contributed by atoms with Gasteiger partial charge in [0.1, 0.15) is 25.3 Å². The van der Waals surface area contributed by atoms with Gasteiger partial charge in [-0.1, -0.05) is 30.3 Å². The second kappa shape index (κ2) is 4.17.